The van der Waals surface area contributed by atoms with Crippen molar-refractivity contribution in [1.82, 2.24) is 24.9 Å². The van der Waals surface area contributed by atoms with Crippen molar-refractivity contribution in [2.24, 2.45) is 0 Å². The third kappa shape index (κ3) is 4.85. The predicted molar refractivity (Wildman–Crippen MR) is 104 cm³/mol. The van der Waals surface area contributed by atoms with Gasteiger partial charge in [-0.2, -0.15) is 0 Å². The highest BCUT2D eigenvalue weighted by molar-refractivity contribution is 6.33. The molecule has 0 saturated carbocycles. The van der Waals surface area contributed by atoms with Crippen LogP contribution in [0.4, 0.5) is 17.3 Å². The summed E-state index contributed by atoms with van der Waals surface area (Å²) in [5.74, 6) is 0.390. The second-order valence-electron chi connectivity index (χ2n) is 5.62. The third-order valence-electron chi connectivity index (χ3n) is 3.74. The number of nitrogens with one attached hydrogen (secondary N) is 3. The minimum absolute atomic E-state index is 0.294. The van der Waals surface area contributed by atoms with Gasteiger partial charge in [-0.15, -0.1) is 0 Å². The number of hydrazine groups is 1. The molecule has 140 valence electrons. The second kappa shape index (κ2) is 8.86. The molecule has 2 heterocycles. The van der Waals surface area contributed by atoms with Gasteiger partial charge in [0.2, 0.25) is 0 Å². The Morgan fingerprint density at radius 1 is 1.22 bits per heavy atom. The van der Waals surface area contributed by atoms with Crippen molar-refractivity contribution in [2.75, 3.05) is 23.0 Å². The van der Waals surface area contributed by atoms with E-state index >= 15 is 0 Å². The van der Waals surface area contributed by atoms with Gasteiger partial charge < -0.3 is 15.6 Å². The fourth-order valence-corrected chi connectivity index (χ4v) is 2.57. The average molecular weight is 387 g/mol. The Kier molecular flexibility index (Phi) is 6.06. The molecule has 0 unspecified atom stereocenters. The van der Waals surface area contributed by atoms with Crippen molar-refractivity contribution in [3.05, 3.63) is 59.9 Å². The number of imidazole rings is 1. The quantitative estimate of drug-likeness (QED) is 0.345. The summed E-state index contributed by atoms with van der Waals surface area (Å²) in [6.07, 6.45) is 7.64. The highest BCUT2D eigenvalue weighted by atomic mass is 35.5. The van der Waals surface area contributed by atoms with Crippen molar-refractivity contribution in [3.63, 3.8) is 0 Å². The summed E-state index contributed by atoms with van der Waals surface area (Å²) in [6.45, 7) is 1.50. The topological polar surface area (TPSA) is 123 Å². The van der Waals surface area contributed by atoms with Crippen LogP contribution in [0.15, 0.2) is 49.3 Å². The zero-order valence-corrected chi connectivity index (χ0v) is 15.1. The molecule has 5 N–H and O–H groups in total. The van der Waals surface area contributed by atoms with Crippen molar-refractivity contribution in [2.45, 2.75) is 13.0 Å². The molecule has 1 amide bonds. The SMILES string of the molecule is Nc1c(NCCCn2ccnc2)ncnc1NNC(=O)c1ccccc1Cl. The Morgan fingerprint density at radius 3 is 2.81 bits per heavy atom. The van der Waals surface area contributed by atoms with E-state index in [-0.39, 0.29) is 0 Å². The molecule has 10 heteroatoms. The van der Waals surface area contributed by atoms with Crippen LogP contribution in [0.25, 0.3) is 0 Å². The molecule has 27 heavy (non-hydrogen) atoms. The number of hydrogen-bond donors (Lipinski definition) is 4. The maximum Gasteiger partial charge on any atom is 0.271 e. The summed E-state index contributed by atoms with van der Waals surface area (Å²) < 4.78 is 1.99. The van der Waals surface area contributed by atoms with Crippen molar-refractivity contribution >= 4 is 34.8 Å². The van der Waals surface area contributed by atoms with Gasteiger partial charge in [0.25, 0.3) is 5.91 Å². The van der Waals surface area contributed by atoms with E-state index in [4.69, 9.17) is 17.3 Å². The second-order valence-corrected chi connectivity index (χ2v) is 6.03. The lowest BCUT2D eigenvalue weighted by atomic mass is 10.2. The Labute approximate surface area is 161 Å². The van der Waals surface area contributed by atoms with Crippen LogP contribution in [0.5, 0.6) is 0 Å². The molecule has 0 aliphatic rings. The molecule has 9 nitrogen and oxygen atoms in total. The Balaban J connectivity index is 1.54. The Bertz CT molecular complexity index is 900. The highest BCUT2D eigenvalue weighted by Crippen LogP contribution is 2.22. The van der Waals surface area contributed by atoms with E-state index in [0.29, 0.717) is 34.5 Å². The molecule has 0 bridgehead atoms. The summed E-state index contributed by atoms with van der Waals surface area (Å²) in [5.41, 5.74) is 12.0. The number of carbonyl (C=O) groups is 1. The van der Waals surface area contributed by atoms with Crippen LogP contribution < -0.4 is 21.9 Å². The molecule has 0 aliphatic carbocycles. The number of nitrogen functional groups attached to an aromatic ring is 1. The first kappa shape index (κ1) is 18.5. The van der Waals surface area contributed by atoms with Gasteiger partial charge in [-0.3, -0.25) is 15.6 Å². The molecular weight excluding hydrogens is 368 g/mol. The normalized spacial score (nSPS) is 10.4. The number of halogens is 1. The third-order valence-corrected chi connectivity index (χ3v) is 4.07. The van der Waals surface area contributed by atoms with Gasteiger partial charge in [0.05, 0.1) is 16.9 Å². The molecule has 1 aromatic carbocycles. The van der Waals surface area contributed by atoms with Gasteiger partial charge in [-0.25, -0.2) is 15.0 Å². The fourth-order valence-electron chi connectivity index (χ4n) is 2.35. The first-order valence-electron chi connectivity index (χ1n) is 8.26. The molecular formula is C17H19ClN8O. The lowest BCUT2D eigenvalue weighted by Crippen LogP contribution is -2.30. The predicted octanol–water partition coefficient (Wildman–Crippen LogP) is 2.17. The smallest absolute Gasteiger partial charge is 0.271 e. The molecule has 0 spiro atoms. The number of nitrogens with zero attached hydrogens (tertiary/aromatic N) is 4. The van der Waals surface area contributed by atoms with Gasteiger partial charge in [-0.1, -0.05) is 23.7 Å². The van der Waals surface area contributed by atoms with Gasteiger partial charge in [-0.05, 0) is 18.6 Å². The lowest BCUT2D eigenvalue weighted by Gasteiger charge is -2.13. The number of anilines is 3. The van der Waals surface area contributed by atoms with Crippen LogP contribution in [0.3, 0.4) is 0 Å². The summed E-state index contributed by atoms with van der Waals surface area (Å²) in [4.78, 5) is 24.4. The van der Waals surface area contributed by atoms with Crippen molar-refractivity contribution in [3.8, 4) is 0 Å². The summed E-state index contributed by atoms with van der Waals surface area (Å²) >= 11 is 6.01. The lowest BCUT2D eigenvalue weighted by molar-refractivity contribution is 0.0962. The number of aromatic nitrogens is 4. The molecule has 3 aromatic rings. The van der Waals surface area contributed by atoms with Gasteiger partial charge in [0.1, 0.15) is 12.0 Å². The van der Waals surface area contributed by atoms with E-state index in [1.807, 2.05) is 10.8 Å². The maximum absolute atomic E-state index is 12.2. The first-order valence-corrected chi connectivity index (χ1v) is 8.64. The van der Waals surface area contributed by atoms with Crippen LogP contribution in [0.2, 0.25) is 5.02 Å². The number of aryl methyl sites for hydroxylation is 1. The Hall–Kier alpha value is -3.33. The van der Waals surface area contributed by atoms with Gasteiger partial charge in [0, 0.05) is 25.5 Å². The summed E-state index contributed by atoms with van der Waals surface area (Å²) in [7, 11) is 0. The summed E-state index contributed by atoms with van der Waals surface area (Å²) in [5, 5.41) is 3.51. The largest absolute Gasteiger partial charge is 0.393 e. The Morgan fingerprint density at radius 2 is 2.04 bits per heavy atom. The fraction of sp³-hybridized carbons (Fsp3) is 0.176. The average Bonchev–Trinajstić information content (AvgIpc) is 3.19. The van der Waals surface area contributed by atoms with E-state index < -0.39 is 5.91 Å². The van der Waals surface area contributed by atoms with E-state index in [0.717, 1.165) is 13.0 Å². The molecule has 0 aliphatic heterocycles. The summed E-state index contributed by atoms with van der Waals surface area (Å²) in [6, 6.07) is 6.74. The number of carbonyl (C=O) groups excluding carboxylic acids is 1. The minimum atomic E-state index is -0.395. The number of rotatable bonds is 8. The maximum atomic E-state index is 12.2. The molecule has 0 radical (unpaired) electrons. The zero-order valence-electron chi connectivity index (χ0n) is 14.4. The number of hydrogen-bond acceptors (Lipinski definition) is 7. The standard InChI is InChI=1S/C17H19ClN8O/c18-13-5-2-1-4-12(13)17(27)25-24-16-14(19)15(22-10-23-16)21-6-3-8-26-9-7-20-11-26/h1-2,4-5,7,9-11H,3,6,8,19H2,(H,25,27)(H2,21,22,23,24). The van der Waals surface area contributed by atoms with Crippen LogP contribution in [0, 0.1) is 0 Å². The first-order chi connectivity index (χ1) is 13.1. The van der Waals surface area contributed by atoms with Gasteiger partial charge >= 0.3 is 0 Å². The van der Waals surface area contributed by atoms with Crippen LogP contribution >= 0.6 is 11.6 Å². The zero-order chi connectivity index (χ0) is 19.1. The number of amides is 1. The minimum Gasteiger partial charge on any atom is -0.393 e. The molecule has 0 atom stereocenters. The van der Waals surface area contributed by atoms with E-state index in [2.05, 4.69) is 31.1 Å². The molecule has 0 saturated heterocycles. The number of benzene rings is 1. The van der Waals surface area contributed by atoms with Crippen LogP contribution in [-0.2, 0) is 6.54 Å². The molecule has 3 rings (SSSR count). The molecule has 0 fully saturated rings. The highest BCUT2D eigenvalue weighted by Gasteiger charge is 2.12. The number of nitrogens with two attached hydrogens (primary N) is 1. The van der Waals surface area contributed by atoms with E-state index in [9.17, 15) is 4.79 Å². The van der Waals surface area contributed by atoms with Gasteiger partial charge in [0.15, 0.2) is 11.6 Å². The van der Waals surface area contributed by atoms with E-state index in [1.165, 1.54) is 6.33 Å². The monoisotopic (exact) mass is 386 g/mol. The van der Waals surface area contributed by atoms with Crippen molar-refractivity contribution in [1.29, 1.82) is 0 Å². The molecule has 2 aromatic heterocycles. The van der Waals surface area contributed by atoms with Crippen molar-refractivity contribution < 1.29 is 4.79 Å². The van der Waals surface area contributed by atoms with Crippen LogP contribution in [-0.4, -0.2) is 32.0 Å². The van der Waals surface area contributed by atoms with E-state index in [1.54, 1.807) is 36.8 Å². The van der Waals surface area contributed by atoms with Crippen LogP contribution in [0.1, 0.15) is 16.8 Å².